The summed E-state index contributed by atoms with van der Waals surface area (Å²) in [6.45, 7) is 12.6. The SMILES string of the molecule is CCCCC(CC)CNS(=O)(=O)c1ccc(-c2c3ccc(=Nc4ccc(C)cc4C)cc-3oc3cc(Nc4ccc(C)cc4C)ccc23)c(S(=O)[O-])c1. The molecule has 1 aliphatic carbocycles. The zero-order valence-electron chi connectivity index (χ0n) is 31.1. The van der Waals surface area contributed by atoms with Crippen LogP contribution in [0.25, 0.3) is 33.4 Å². The van der Waals surface area contributed by atoms with Crippen molar-refractivity contribution < 1.29 is 21.6 Å². The van der Waals surface area contributed by atoms with Gasteiger partial charge in [-0.05, 0) is 116 Å². The van der Waals surface area contributed by atoms with E-state index in [1.165, 1.54) is 12.1 Å². The Kier molecular flexibility index (Phi) is 11.6. The molecule has 8 nitrogen and oxygen atoms in total. The number of benzene rings is 5. The van der Waals surface area contributed by atoms with Crippen LogP contribution >= 0.6 is 0 Å². The van der Waals surface area contributed by atoms with E-state index in [1.54, 1.807) is 6.07 Å². The van der Waals surface area contributed by atoms with Crippen LogP contribution < -0.4 is 15.4 Å². The summed E-state index contributed by atoms with van der Waals surface area (Å²) in [6, 6.07) is 27.9. The summed E-state index contributed by atoms with van der Waals surface area (Å²) in [5, 5.41) is 4.84. The van der Waals surface area contributed by atoms with Crippen molar-refractivity contribution in [2.75, 3.05) is 11.9 Å². The van der Waals surface area contributed by atoms with Gasteiger partial charge in [-0.2, -0.15) is 0 Å². The Balaban J connectivity index is 1.51. The van der Waals surface area contributed by atoms with Crippen LogP contribution in [-0.2, 0) is 21.1 Å². The lowest BCUT2D eigenvalue weighted by Gasteiger charge is -2.21. The van der Waals surface area contributed by atoms with E-state index in [2.05, 4.69) is 36.0 Å². The van der Waals surface area contributed by atoms with Crippen molar-refractivity contribution >= 4 is 49.1 Å². The topological polar surface area (TPSA) is 124 Å². The van der Waals surface area contributed by atoms with Gasteiger partial charge in [0.1, 0.15) is 11.3 Å². The van der Waals surface area contributed by atoms with Gasteiger partial charge in [0, 0.05) is 51.5 Å². The highest BCUT2D eigenvalue weighted by Gasteiger charge is 2.23. The van der Waals surface area contributed by atoms with Crippen LogP contribution in [-0.4, -0.2) is 23.7 Å². The van der Waals surface area contributed by atoms with Gasteiger partial charge in [-0.25, -0.2) is 18.1 Å². The molecule has 1 aliphatic heterocycles. The van der Waals surface area contributed by atoms with Gasteiger partial charge in [0.2, 0.25) is 10.0 Å². The number of rotatable bonds is 13. The van der Waals surface area contributed by atoms with Crippen molar-refractivity contribution in [3.8, 4) is 22.5 Å². The molecule has 0 fully saturated rings. The molecular formula is C43H46N3O5S2-. The maximum atomic E-state index is 13.5. The third-order valence-corrected chi connectivity index (χ3v) is 11.9. The average molecular weight is 749 g/mol. The van der Waals surface area contributed by atoms with E-state index < -0.39 is 21.1 Å². The summed E-state index contributed by atoms with van der Waals surface area (Å²) in [7, 11) is -3.98. The van der Waals surface area contributed by atoms with Crippen LogP contribution in [0.15, 0.2) is 110 Å². The number of fused-ring (bicyclic) bond motifs is 2. The molecule has 2 atom stereocenters. The van der Waals surface area contributed by atoms with E-state index in [0.29, 0.717) is 45.3 Å². The highest BCUT2D eigenvalue weighted by molar-refractivity contribution is 7.89. The van der Waals surface area contributed by atoms with Gasteiger partial charge in [-0.3, -0.25) is 4.21 Å². The molecule has 0 saturated heterocycles. The number of hydrogen-bond donors (Lipinski definition) is 2. The van der Waals surface area contributed by atoms with E-state index in [0.717, 1.165) is 65.0 Å². The Bertz CT molecular complexity index is 2470. The molecule has 10 heteroatoms. The molecule has 0 aromatic heterocycles. The smallest absolute Gasteiger partial charge is 0.240 e. The lowest BCUT2D eigenvalue weighted by molar-refractivity contribution is 0.443. The Morgan fingerprint density at radius 1 is 0.830 bits per heavy atom. The van der Waals surface area contributed by atoms with Gasteiger partial charge < -0.3 is 14.3 Å². The third-order valence-electron chi connectivity index (χ3n) is 9.79. The third kappa shape index (κ3) is 8.63. The maximum absolute atomic E-state index is 13.5. The summed E-state index contributed by atoms with van der Waals surface area (Å²) >= 11 is -2.77. The number of hydrogen-bond acceptors (Lipinski definition) is 7. The second kappa shape index (κ2) is 16.2. The molecule has 276 valence electrons. The zero-order chi connectivity index (χ0) is 37.9. The van der Waals surface area contributed by atoms with Gasteiger partial charge in [0.05, 0.1) is 15.9 Å². The number of nitrogens with one attached hydrogen (secondary N) is 2. The Hall–Kier alpha value is -4.61. The summed E-state index contributed by atoms with van der Waals surface area (Å²) < 4.78 is 62.2. The normalized spacial score (nSPS) is 13.5. The number of anilines is 2. The molecule has 2 unspecified atom stereocenters. The van der Waals surface area contributed by atoms with Crippen LogP contribution in [0.4, 0.5) is 17.1 Å². The number of nitrogens with zero attached hydrogens (tertiary/aromatic N) is 1. The predicted molar refractivity (Wildman–Crippen MR) is 214 cm³/mol. The highest BCUT2D eigenvalue weighted by atomic mass is 32.2. The molecule has 53 heavy (non-hydrogen) atoms. The largest absolute Gasteiger partial charge is 0.768 e. The van der Waals surface area contributed by atoms with Gasteiger partial charge >= 0.3 is 0 Å². The molecule has 1 heterocycles. The molecule has 0 amide bonds. The number of aryl methyl sites for hydroxylation is 4. The molecule has 0 spiro atoms. The van der Waals surface area contributed by atoms with Gasteiger partial charge in [-0.15, -0.1) is 0 Å². The Morgan fingerprint density at radius 2 is 1.57 bits per heavy atom. The van der Waals surface area contributed by atoms with Crippen molar-refractivity contribution in [2.24, 2.45) is 10.9 Å². The quantitative estimate of drug-likeness (QED) is 0.0895. The van der Waals surface area contributed by atoms with Gasteiger partial charge in [0.25, 0.3) is 0 Å². The van der Waals surface area contributed by atoms with E-state index >= 15 is 0 Å². The minimum absolute atomic E-state index is 0.102. The molecule has 4 aromatic rings. The van der Waals surface area contributed by atoms with Crippen molar-refractivity contribution in [1.29, 1.82) is 0 Å². The fourth-order valence-corrected chi connectivity index (χ4v) is 8.55. The molecule has 2 aliphatic rings. The first kappa shape index (κ1) is 38.1. The van der Waals surface area contributed by atoms with Crippen molar-refractivity contribution in [1.82, 2.24) is 4.72 Å². The van der Waals surface area contributed by atoms with E-state index in [9.17, 15) is 17.2 Å². The van der Waals surface area contributed by atoms with Crippen molar-refractivity contribution in [3.05, 3.63) is 119 Å². The average Bonchev–Trinajstić information content (AvgIpc) is 3.12. The fraction of sp³-hybridized carbons (Fsp3) is 0.279. The highest BCUT2D eigenvalue weighted by Crippen LogP contribution is 2.43. The second-order valence-electron chi connectivity index (χ2n) is 13.9. The molecule has 0 radical (unpaired) electrons. The lowest BCUT2D eigenvalue weighted by atomic mass is 9.93. The zero-order valence-corrected chi connectivity index (χ0v) is 32.7. The van der Waals surface area contributed by atoms with E-state index in [1.807, 2.05) is 88.4 Å². The van der Waals surface area contributed by atoms with Gasteiger partial charge in [-0.1, -0.05) is 74.6 Å². The standard InChI is InChI=1S/C43H47N3O5S2/c1-7-9-10-31(8-2)26-44-53(49,50)34-15-18-37(42(25-34)52(47)48)43-35-16-13-32(45-38-19-11-27(3)21-29(38)5)23-40(35)51-41-24-33(14-17-36(41)43)46-39-20-12-28(4)22-30(39)6/h11-25,31,44-45H,7-10,26H2,1-6H3,(H,47,48)/p-1. The number of unbranched alkanes of at least 4 members (excludes halogenated alkanes) is 1. The van der Waals surface area contributed by atoms with Crippen LogP contribution in [0, 0.1) is 33.6 Å². The minimum Gasteiger partial charge on any atom is -0.768 e. The summed E-state index contributed by atoms with van der Waals surface area (Å²) in [4.78, 5) is 4.67. The van der Waals surface area contributed by atoms with Crippen LogP contribution in [0.2, 0.25) is 0 Å². The maximum Gasteiger partial charge on any atom is 0.240 e. The molecule has 2 N–H and O–H groups in total. The Morgan fingerprint density at radius 3 is 2.26 bits per heavy atom. The summed E-state index contributed by atoms with van der Waals surface area (Å²) in [6.07, 6.45) is 3.82. The molecule has 0 saturated carbocycles. The minimum atomic E-state index is -3.98. The fourth-order valence-electron chi connectivity index (χ4n) is 6.76. The molecule has 0 bridgehead atoms. The monoisotopic (exact) mass is 748 g/mol. The molecule has 6 rings (SSSR count). The van der Waals surface area contributed by atoms with Crippen LogP contribution in [0.1, 0.15) is 61.8 Å². The first-order valence-corrected chi connectivity index (χ1v) is 20.6. The van der Waals surface area contributed by atoms with Gasteiger partial charge in [0.15, 0.2) is 0 Å². The van der Waals surface area contributed by atoms with Crippen molar-refractivity contribution in [2.45, 2.75) is 77.0 Å². The van der Waals surface area contributed by atoms with E-state index in [-0.39, 0.29) is 15.7 Å². The van der Waals surface area contributed by atoms with Crippen LogP contribution in [0.3, 0.4) is 0 Å². The molecule has 4 aromatic carbocycles. The van der Waals surface area contributed by atoms with E-state index in [4.69, 9.17) is 9.41 Å². The number of sulfonamides is 1. The first-order chi connectivity index (χ1) is 25.4. The second-order valence-corrected chi connectivity index (χ2v) is 16.6. The summed E-state index contributed by atoms with van der Waals surface area (Å²) in [5.74, 6) is 0.699. The lowest BCUT2D eigenvalue weighted by Crippen LogP contribution is -2.29. The first-order valence-electron chi connectivity index (χ1n) is 18.1. The van der Waals surface area contributed by atoms with Crippen molar-refractivity contribution in [3.63, 3.8) is 0 Å². The molecular weight excluding hydrogens is 703 g/mol. The summed E-state index contributed by atoms with van der Waals surface area (Å²) in [5.41, 5.74) is 9.19. The Labute approximate surface area is 315 Å². The van der Waals surface area contributed by atoms with Crippen LogP contribution in [0.5, 0.6) is 0 Å². The predicted octanol–water partition coefficient (Wildman–Crippen LogP) is 10.1.